The number of rotatable bonds is 2. The lowest BCUT2D eigenvalue weighted by molar-refractivity contribution is -0.184. The van der Waals surface area contributed by atoms with E-state index < -0.39 is 12.1 Å². The van der Waals surface area contributed by atoms with Gasteiger partial charge in [0.1, 0.15) is 0 Å². The molecule has 6 heteroatoms. The van der Waals surface area contributed by atoms with Gasteiger partial charge in [-0.25, -0.2) is 0 Å². The zero-order chi connectivity index (χ0) is 14.6. The van der Waals surface area contributed by atoms with Gasteiger partial charge >= 0.3 is 6.18 Å². The molecule has 3 nitrogen and oxygen atoms in total. The molecule has 2 aliphatic rings. The maximum absolute atomic E-state index is 12.6. The molecule has 2 rings (SSSR count). The number of hydrogen-bond donors (Lipinski definition) is 2. The number of alkyl halides is 3. The van der Waals surface area contributed by atoms with Crippen LogP contribution in [-0.4, -0.2) is 31.2 Å². The van der Waals surface area contributed by atoms with Gasteiger partial charge in [-0.05, 0) is 58.0 Å². The molecule has 0 aromatic rings. The summed E-state index contributed by atoms with van der Waals surface area (Å²) in [5.74, 6) is -1.49. The fourth-order valence-electron chi connectivity index (χ4n) is 3.17. The minimum atomic E-state index is -4.10. The Hall–Kier alpha value is -0.780. The maximum Gasteiger partial charge on any atom is 0.391 e. The number of carbonyl (C=O) groups is 1. The minimum absolute atomic E-state index is 0.0440. The highest BCUT2D eigenvalue weighted by Gasteiger charge is 2.42. The molecule has 2 fully saturated rings. The van der Waals surface area contributed by atoms with Gasteiger partial charge in [0.05, 0.1) is 5.92 Å². The molecule has 116 valence electrons. The third-order valence-electron chi connectivity index (χ3n) is 4.48. The Morgan fingerprint density at radius 1 is 1.00 bits per heavy atom. The molecule has 20 heavy (non-hydrogen) atoms. The van der Waals surface area contributed by atoms with Crippen molar-refractivity contribution >= 4 is 5.91 Å². The van der Waals surface area contributed by atoms with Crippen LogP contribution in [0.25, 0.3) is 0 Å². The summed E-state index contributed by atoms with van der Waals surface area (Å²) in [7, 11) is 0. The van der Waals surface area contributed by atoms with Gasteiger partial charge in [-0.2, -0.15) is 13.2 Å². The fourth-order valence-corrected chi connectivity index (χ4v) is 3.17. The number of halogens is 3. The van der Waals surface area contributed by atoms with Crippen molar-refractivity contribution in [2.24, 2.45) is 11.8 Å². The standard InChI is InChI=1S/C14H23F3N2O/c15-14(16,17)11-5-3-10(4-6-11)13(20)19-12-2-1-8-18-9-7-12/h10-12,18H,1-9H2,(H,19,20). The molecule has 1 saturated heterocycles. The number of carbonyl (C=O) groups excluding carboxylic acids is 1. The second-order valence-electron chi connectivity index (χ2n) is 5.98. The van der Waals surface area contributed by atoms with Gasteiger partial charge in [-0.1, -0.05) is 0 Å². The van der Waals surface area contributed by atoms with Crippen LogP contribution >= 0.6 is 0 Å². The molecule has 1 aliphatic heterocycles. The van der Waals surface area contributed by atoms with Crippen LogP contribution in [-0.2, 0) is 4.79 Å². The Morgan fingerprint density at radius 2 is 1.70 bits per heavy atom. The van der Waals surface area contributed by atoms with E-state index in [0.717, 1.165) is 32.4 Å². The first-order valence-corrected chi connectivity index (χ1v) is 7.54. The topological polar surface area (TPSA) is 41.1 Å². The number of hydrogen-bond acceptors (Lipinski definition) is 2. The molecular weight excluding hydrogens is 269 g/mol. The fraction of sp³-hybridized carbons (Fsp3) is 0.929. The van der Waals surface area contributed by atoms with Crippen molar-refractivity contribution in [3.8, 4) is 0 Å². The van der Waals surface area contributed by atoms with Gasteiger partial charge < -0.3 is 10.6 Å². The van der Waals surface area contributed by atoms with Crippen LogP contribution in [0.2, 0.25) is 0 Å². The van der Waals surface area contributed by atoms with Crippen LogP contribution in [0.4, 0.5) is 13.2 Å². The smallest absolute Gasteiger partial charge is 0.353 e. The Morgan fingerprint density at radius 3 is 2.35 bits per heavy atom. The molecule has 1 atom stereocenters. The lowest BCUT2D eigenvalue weighted by atomic mass is 9.81. The van der Waals surface area contributed by atoms with E-state index in [0.29, 0.717) is 12.8 Å². The second-order valence-corrected chi connectivity index (χ2v) is 5.98. The quantitative estimate of drug-likeness (QED) is 0.821. The van der Waals surface area contributed by atoms with Crippen LogP contribution in [0.3, 0.4) is 0 Å². The zero-order valence-electron chi connectivity index (χ0n) is 11.6. The van der Waals surface area contributed by atoms with Crippen molar-refractivity contribution in [3.63, 3.8) is 0 Å². The zero-order valence-corrected chi connectivity index (χ0v) is 11.6. The van der Waals surface area contributed by atoms with Crippen molar-refractivity contribution in [1.29, 1.82) is 0 Å². The van der Waals surface area contributed by atoms with Crippen LogP contribution in [0.15, 0.2) is 0 Å². The number of nitrogens with one attached hydrogen (secondary N) is 2. The van der Waals surface area contributed by atoms with E-state index in [4.69, 9.17) is 0 Å². The molecule has 1 saturated carbocycles. The molecule has 1 unspecified atom stereocenters. The molecule has 0 aromatic heterocycles. The van der Waals surface area contributed by atoms with Gasteiger partial charge in [-0.15, -0.1) is 0 Å². The molecular formula is C14H23F3N2O. The summed E-state index contributed by atoms with van der Waals surface area (Å²) >= 11 is 0. The van der Waals surface area contributed by atoms with Crippen molar-refractivity contribution in [2.45, 2.75) is 57.2 Å². The first-order chi connectivity index (χ1) is 9.47. The van der Waals surface area contributed by atoms with E-state index in [1.54, 1.807) is 0 Å². The van der Waals surface area contributed by atoms with Crippen LogP contribution < -0.4 is 10.6 Å². The third kappa shape index (κ3) is 4.36. The normalized spacial score (nSPS) is 32.5. The summed E-state index contributed by atoms with van der Waals surface area (Å²) in [5.41, 5.74) is 0. The van der Waals surface area contributed by atoms with Gasteiger partial charge in [0.2, 0.25) is 5.91 Å². The van der Waals surface area contributed by atoms with E-state index in [1.165, 1.54) is 0 Å². The third-order valence-corrected chi connectivity index (χ3v) is 4.48. The average Bonchev–Trinajstić information content (AvgIpc) is 2.66. The minimum Gasteiger partial charge on any atom is -0.353 e. The Labute approximate surface area is 117 Å². The van der Waals surface area contributed by atoms with Crippen molar-refractivity contribution < 1.29 is 18.0 Å². The van der Waals surface area contributed by atoms with E-state index in [-0.39, 0.29) is 30.7 Å². The molecule has 0 aromatic carbocycles. The summed E-state index contributed by atoms with van der Waals surface area (Å²) in [5, 5.41) is 6.30. The Kier molecular flexibility index (Phi) is 5.29. The monoisotopic (exact) mass is 292 g/mol. The first-order valence-electron chi connectivity index (χ1n) is 7.54. The molecule has 0 spiro atoms. The van der Waals surface area contributed by atoms with Gasteiger partial charge in [0.25, 0.3) is 0 Å². The Bertz CT molecular complexity index is 317. The molecule has 1 amide bonds. The van der Waals surface area contributed by atoms with Gasteiger partial charge in [0.15, 0.2) is 0 Å². The van der Waals surface area contributed by atoms with E-state index in [2.05, 4.69) is 10.6 Å². The largest absolute Gasteiger partial charge is 0.391 e. The lowest BCUT2D eigenvalue weighted by Gasteiger charge is -2.30. The Balaban J connectivity index is 1.76. The first kappa shape index (κ1) is 15.6. The van der Waals surface area contributed by atoms with E-state index in [9.17, 15) is 18.0 Å². The van der Waals surface area contributed by atoms with Crippen molar-refractivity contribution in [1.82, 2.24) is 10.6 Å². The maximum atomic E-state index is 12.6. The molecule has 1 aliphatic carbocycles. The van der Waals surface area contributed by atoms with Crippen LogP contribution in [0.1, 0.15) is 44.9 Å². The van der Waals surface area contributed by atoms with Crippen LogP contribution in [0, 0.1) is 11.8 Å². The van der Waals surface area contributed by atoms with Crippen molar-refractivity contribution in [3.05, 3.63) is 0 Å². The summed E-state index contributed by atoms with van der Waals surface area (Å²) in [6.07, 6.45) is -0.302. The molecule has 1 heterocycles. The van der Waals surface area contributed by atoms with Crippen molar-refractivity contribution in [2.75, 3.05) is 13.1 Å². The van der Waals surface area contributed by atoms with Gasteiger partial charge in [0, 0.05) is 12.0 Å². The number of amides is 1. The lowest BCUT2D eigenvalue weighted by Crippen LogP contribution is -2.41. The predicted molar refractivity (Wildman–Crippen MR) is 70.2 cm³/mol. The summed E-state index contributed by atoms with van der Waals surface area (Å²) in [6, 6.07) is 0.179. The highest BCUT2D eigenvalue weighted by Crippen LogP contribution is 2.39. The highest BCUT2D eigenvalue weighted by molar-refractivity contribution is 5.79. The predicted octanol–water partition coefficient (Wildman–Crippen LogP) is 2.61. The average molecular weight is 292 g/mol. The molecule has 2 N–H and O–H groups in total. The van der Waals surface area contributed by atoms with Crippen LogP contribution in [0.5, 0.6) is 0 Å². The summed E-state index contributed by atoms with van der Waals surface area (Å²) < 4.78 is 37.7. The van der Waals surface area contributed by atoms with E-state index in [1.807, 2.05) is 0 Å². The van der Waals surface area contributed by atoms with Gasteiger partial charge in [-0.3, -0.25) is 4.79 Å². The summed E-state index contributed by atoms with van der Waals surface area (Å²) in [6.45, 7) is 1.87. The second kappa shape index (κ2) is 6.78. The SMILES string of the molecule is O=C(NC1CCCNCC1)C1CCC(C(F)(F)F)CC1. The molecule has 0 bridgehead atoms. The highest BCUT2D eigenvalue weighted by atomic mass is 19.4. The summed E-state index contributed by atoms with van der Waals surface area (Å²) in [4.78, 5) is 12.1. The van der Waals surface area contributed by atoms with E-state index >= 15 is 0 Å². The molecule has 0 radical (unpaired) electrons.